The number of nitriles is 1. The Morgan fingerprint density at radius 3 is 2.65 bits per heavy atom. The first-order valence-electron chi connectivity index (χ1n) is 8.60. The highest BCUT2D eigenvalue weighted by molar-refractivity contribution is 5.77. The van der Waals surface area contributed by atoms with Gasteiger partial charge in [-0.25, -0.2) is 9.97 Å². The van der Waals surface area contributed by atoms with E-state index in [9.17, 15) is 5.26 Å². The van der Waals surface area contributed by atoms with Gasteiger partial charge in [0.1, 0.15) is 17.5 Å². The van der Waals surface area contributed by atoms with Crippen molar-refractivity contribution in [1.82, 2.24) is 15.0 Å². The van der Waals surface area contributed by atoms with Crippen molar-refractivity contribution in [2.75, 3.05) is 17.2 Å². The first-order valence-corrected chi connectivity index (χ1v) is 8.60. The highest BCUT2D eigenvalue weighted by Crippen LogP contribution is 2.35. The molecule has 0 saturated heterocycles. The third kappa shape index (κ3) is 2.68. The highest BCUT2D eigenvalue weighted by atomic mass is 15.1. The molecule has 0 fully saturated rings. The summed E-state index contributed by atoms with van der Waals surface area (Å²) in [5, 5.41) is 9.64. The summed E-state index contributed by atoms with van der Waals surface area (Å²) < 4.78 is 0. The summed E-state index contributed by atoms with van der Waals surface area (Å²) in [5.74, 6) is 0.288. The molecule has 3 heterocycles. The number of imidazole rings is 1. The maximum Gasteiger partial charge on any atom is 0.142 e. The van der Waals surface area contributed by atoms with Crippen LogP contribution in [0.4, 0.5) is 11.5 Å². The largest absolute Gasteiger partial charge is 0.383 e. The van der Waals surface area contributed by atoms with Gasteiger partial charge in [-0.2, -0.15) is 5.26 Å². The summed E-state index contributed by atoms with van der Waals surface area (Å²) in [6.07, 6.45) is 4.13. The number of nitrogens with zero attached hydrogens (tertiary/aromatic N) is 4. The van der Waals surface area contributed by atoms with Gasteiger partial charge in [-0.15, -0.1) is 0 Å². The van der Waals surface area contributed by atoms with Crippen LogP contribution in [0.5, 0.6) is 0 Å². The van der Waals surface area contributed by atoms with E-state index in [-0.39, 0.29) is 5.82 Å². The van der Waals surface area contributed by atoms with Crippen LogP contribution in [-0.2, 0) is 13.0 Å². The van der Waals surface area contributed by atoms with Gasteiger partial charge in [0.15, 0.2) is 0 Å². The molecule has 0 atom stereocenters. The number of aromatic nitrogens is 3. The van der Waals surface area contributed by atoms with E-state index in [0.29, 0.717) is 12.1 Å². The smallest absolute Gasteiger partial charge is 0.142 e. The molecule has 0 spiro atoms. The summed E-state index contributed by atoms with van der Waals surface area (Å²) in [5.41, 5.74) is 13.8. The maximum atomic E-state index is 9.64. The summed E-state index contributed by atoms with van der Waals surface area (Å²) in [6, 6.07) is 8.79. The zero-order valence-corrected chi connectivity index (χ0v) is 14.9. The van der Waals surface area contributed by atoms with Crippen LogP contribution in [0.2, 0.25) is 0 Å². The van der Waals surface area contributed by atoms with E-state index in [0.717, 1.165) is 35.5 Å². The van der Waals surface area contributed by atoms with Crippen molar-refractivity contribution in [1.29, 1.82) is 5.26 Å². The monoisotopic (exact) mass is 344 g/mol. The fourth-order valence-corrected chi connectivity index (χ4v) is 3.74. The SMILES string of the molecule is Cc1cc(C)cc(N2CCc3nc(N)c(C#N)c(-c4cnc[nH]4)c3C2)c1. The van der Waals surface area contributed by atoms with Crippen molar-refractivity contribution >= 4 is 11.5 Å². The summed E-state index contributed by atoms with van der Waals surface area (Å²) in [6.45, 7) is 5.78. The number of pyridine rings is 1. The number of nitrogens with two attached hydrogens (primary N) is 1. The molecule has 0 radical (unpaired) electrons. The Labute approximate surface area is 152 Å². The number of anilines is 2. The number of aromatic amines is 1. The minimum absolute atomic E-state index is 0.288. The molecule has 2 aromatic heterocycles. The second-order valence-electron chi connectivity index (χ2n) is 6.77. The number of hydrogen-bond acceptors (Lipinski definition) is 5. The molecule has 1 aliphatic heterocycles. The molecule has 0 aliphatic carbocycles. The van der Waals surface area contributed by atoms with Crippen molar-refractivity contribution < 1.29 is 0 Å². The van der Waals surface area contributed by atoms with Gasteiger partial charge in [0.05, 0.1) is 23.9 Å². The fraction of sp³-hybridized carbons (Fsp3) is 0.250. The molecular weight excluding hydrogens is 324 g/mol. The lowest BCUT2D eigenvalue weighted by Crippen LogP contribution is -2.32. The van der Waals surface area contributed by atoms with Gasteiger partial charge in [0, 0.05) is 36.3 Å². The molecule has 4 rings (SSSR count). The number of H-pyrrole nitrogens is 1. The predicted molar refractivity (Wildman–Crippen MR) is 102 cm³/mol. The molecule has 0 amide bonds. The van der Waals surface area contributed by atoms with Crippen molar-refractivity contribution in [2.45, 2.75) is 26.8 Å². The summed E-state index contributed by atoms with van der Waals surface area (Å²) >= 11 is 0. The Morgan fingerprint density at radius 1 is 1.23 bits per heavy atom. The zero-order valence-electron chi connectivity index (χ0n) is 14.9. The Hall–Kier alpha value is -3.33. The number of hydrogen-bond donors (Lipinski definition) is 2. The second-order valence-corrected chi connectivity index (χ2v) is 6.77. The minimum atomic E-state index is 0.288. The van der Waals surface area contributed by atoms with E-state index >= 15 is 0 Å². The minimum Gasteiger partial charge on any atom is -0.383 e. The number of rotatable bonds is 2. The molecule has 26 heavy (non-hydrogen) atoms. The van der Waals surface area contributed by atoms with Gasteiger partial charge in [-0.1, -0.05) is 6.07 Å². The van der Waals surface area contributed by atoms with Gasteiger partial charge in [-0.3, -0.25) is 0 Å². The van der Waals surface area contributed by atoms with Crippen LogP contribution in [0.1, 0.15) is 27.9 Å². The quantitative estimate of drug-likeness (QED) is 0.745. The molecular formula is C20H20N6. The first kappa shape index (κ1) is 16.2. The fourth-order valence-electron chi connectivity index (χ4n) is 3.74. The van der Waals surface area contributed by atoms with Crippen molar-refractivity contribution in [3.8, 4) is 17.3 Å². The van der Waals surface area contributed by atoms with Crippen molar-refractivity contribution in [3.63, 3.8) is 0 Å². The Balaban J connectivity index is 1.85. The topological polar surface area (TPSA) is 94.6 Å². The van der Waals surface area contributed by atoms with Crippen LogP contribution in [0.3, 0.4) is 0 Å². The summed E-state index contributed by atoms with van der Waals surface area (Å²) in [4.78, 5) is 14.1. The van der Waals surface area contributed by atoms with E-state index in [1.54, 1.807) is 12.5 Å². The third-order valence-electron chi connectivity index (χ3n) is 4.83. The molecule has 6 nitrogen and oxygen atoms in total. The molecule has 3 N–H and O–H groups in total. The summed E-state index contributed by atoms with van der Waals surface area (Å²) in [7, 11) is 0. The van der Waals surface area contributed by atoms with Gasteiger partial charge < -0.3 is 15.6 Å². The van der Waals surface area contributed by atoms with Crippen LogP contribution < -0.4 is 10.6 Å². The van der Waals surface area contributed by atoms with Gasteiger partial charge >= 0.3 is 0 Å². The van der Waals surface area contributed by atoms with Crippen LogP contribution >= 0.6 is 0 Å². The second kappa shape index (κ2) is 6.19. The third-order valence-corrected chi connectivity index (χ3v) is 4.83. The average Bonchev–Trinajstić information content (AvgIpc) is 3.13. The lowest BCUT2D eigenvalue weighted by atomic mass is 9.93. The van der Waals surface area contributed by atoms with Gasteiger partial charge in [0.2, 0.25) is 0 Å². The lowest BCUT2D eigenvalue weighted by molar-refractivity contribution is 0.713. The Bertz CT molecular complexity index is 994. The van der Waals surface area contributed by atoms with Gasteiger partial charge in [0.25, 0.3) is 0 Å². The molecule has 3 aromatic rings. The van der Waals surface area contributed by atoms with Gasteiger partial charge in [-0.05, 0) is 37.1 Å². The molecule has 6 heteroatoms. The Kier molecular flexibility index (Phi) is 3.85. The number of nitrogens with one attached hydrogen (secondary N) is 1. The average molecular weight is 344 g/mol. The van der Waals surface area contributed by atoms with Crippen LogP contribution in [-0.4, -0.2) is 21.5 Å². The van der Waals surface area contributed by atoms with E-state index in [1.807, 2.05) is 0 Å². The molecule has 1 aliphatic rings. The molecule has 130 valence electrons. The normalized spacial score (nSPS) is 13.3. The number of aryl methyl sites for hydroxylation is 2. The number of fused-ring (bicyclic) bond motifs is 1. The van der Waals surface area contributed by atoms with E-state index in [4.69, 9.17) is 5.73 Å². The zero-order chi connectivity index (χ0) is 18.3. The lowest BCUT2D eigenvalue weighted by Gasteiger charge is -2.32. The van der Waals surface area contributed by atoms with Crippen LogP contribution in [0, 0.1) is 25.2 Å². The standard InChI is InChI=1S/C20H20N6/c1-12-5-13(2)7-14(6-12)26-4-3-17-16(10-26)19(18-9-23-11-24-18)15(8-21)20(22)25-17/h5-7,9,11H,3-4,10H2,1-2H3,(H2,22,25)(H,23,24). The van der Waals surface area contributed by atoms with E-state index in [2.05, 4.69) is 58.0 Å². The van der Waals surface area contributed by atoms with E-state index < -0.39 is 0 Å². The van der Waals surface area contributed by atoms with Crippen molar-refractivity contribution in [2.24, 2.45) is 0 Å². The number of nitrogen functional groups attached to an aromatic ring is 1. The highest BCUT2D eigenvalue weighted by Gasteiger charge is 2.26. The molecule has 0 bridgehead atoms. The van der Waals surface area contributed by atoms with Crippen LogP contribution in [0.15, 0.2) is 30.7 Å². The molecule has 0 unspecified atom stereocenters. The van der Waals surface area contributed by atoms with Crippen molar-refractivity contribution in [3.05, 3.63) is 58.7 Å². The number of benzene rings is 1. The maximum absolute atomic E-state index is 9.64. The van der Waals surface area contributed by atoms with Crippen LogP contribution in [0.25, 0.3) is 11.3 Å². The first-order chi connectivity index (χ1) is 12.6. The Morgan fingerprint density at radius 2 is 2.00 bits per heavy atom. The molecule has 0 saturated carbocycles. The molecule has 1 aromatic carbocycles. The van der Waals surface area contributed by atoms with E-state index in [1.165, 1.54) is 16.8 Å². The predicted octanol–water partition coefficient (Wildman–Crippen LogP) is 3.11.